The van der Waals surface area contributed by atoms with Crippen LogP contribution in [-0.2, 0) is 12.8 Å². The maximum Gasteiger partial charge on any atom is 0.336 e. The van der Waals surface area contributed by atoms with Crippen LogP contribution in [0.4, 0.5) is 5.69 Å². The molecule has 4 nitrogen and oxygen atoms in total. The van der Waals surface area contributed by atoms with Crippen molar-refractivity contribution in [1.29, 1.82) is 0 Å². The van der Waals surface area contributed by atoms with E-state index in [4.69, 9.17) is 0 Å². The van der Waals surface area contributed by atoms with Crippen LogP contribution < -0.4 is 5.32 Å². The first-order valence-electron chi connectivity index (χ1n) is 7.23. The van der Waals surface area contributed by atoms with Gasteiger partial charge in [0.15, 0.2) is 0 Å². The van der Waals surface area contributed by atoms with E-state index < -0.39 is 5.97 Å². The predicted molar refractivity (Wildman–Crippen MR) is 87.2 cm³/mol. The zero-order valence-corrected chi connectivity index (χ0v) is 13.3. The number of amides is 1. The molecule has 22 heavy (non-hydrogen) atoms. The van der Waals surface area contributed by atoms with E-state index in [0.29, 0.717) is 16.1 Å². The lowest BCUT2D eigenvalue weighted by atomic mass is 10.0. The molecule has 0 aliphatic heterocycles. The second-order valence-corrected chi connectivity index (χ2v) is 6.79. The Bertz CT molecular complexity index is 755. The van der Waals surface area contributed by atoms with Gasteiger partial charge in [0.05, 0.1) is 10.4 Å². The quantitative estimate of drug-likeness (QED) is 0.905. The molecule has 1 aliphatic carbocycles. The lowest BCUT2D eigenvalue weighted by Gasteiger charge is -2.11. The maximum atomic E-state index is 12.4. The molecule has 2 N–H and O–H groups in total. The van der Waals surface area contributed by atoms with E-state index in [1.54, 1.807) is 24.3 Å². The van der Waals surface area contributed by atoms with Crippen LogP contribution in [0.2, 0.25) is 0 Å². The third kappa shape index (κ3) is 2.64. The molecular formula is C17H17NO3S. The maximum absolute atomic E-state index is 12.4. The number of thiophene rings is 1. The number of anilines is 1. The number of hydrogen-bond donors (Lipinski definition) is 2. The molecule has 0 spiro atoms. The molecule has 0 atom stereocenters. The molecule has 0 bridgehead atoms. The van der Waals surface area contributed by atoms with Crippen molar-refractivity contribution in [2.75, 3.05) is 5.32 Å². The summed E-state index contributed by atoms with van der Waals surface area (Å²) in [6, 6.07) is 5.28. The number of carbonyl (C=O) groups is 2. The summed E-state index contributed by atoms with van der Waals surface area (Å²) in [5.74, 6) is -1.15. The molecule has 1 amide bonds. The third-order valence-corrected chi connectivity index (χ3v) is 5.26. The average Bonchev–Trinajstić information content (AvgIpc) is 3.02. The zero-order valence-electron chi connectivity index (χ0n) is 12.5. The van der Waals surface area contributed by atoms with Crippen LogP contribution in [0.15, 0.2) is 18.2 Å². The standard InChI is InChI=1S/C17H17NO3S/c1-9-6-10(2)13(8-12(9)17(20)21)18-16(19)15-7-11-4-3-5-14(11)22-15/h6-8H,3-5H2,1-2H3,(H,18,19)(H,20,21). The summed E-state index contributed by atoms with van der Waals surface area (Å²) in [7, 11) is 0. The van der Waals surface area contributed by atoms with Crippen molar-refractivity contribution >= 4 is 28.9 Å². The highest BCUT2D eigenvalue weighted by Crippen LogP contribution is 2.31. The molecule has 1 aliphatic rings. The Kier molecular flexibility index (Phi) is 3.74. The molecule has 1 aromatic heterocycles. The Hall–Kier alpha value is -2.14. The van der Waals surface area contributed by atoms with Crippen LogP contribution in [0.3, 0.4) is 0 Å². The normalized spacial score (nSPS) is 13.0. The van der Waals surface area contributed by atoms with Crippen molar-refractivity contribution in [3.63, 3.8) is 0 Å². The van der Waals surface area contributed by atoms with Gasteiger partial charge in [-0.15, -0.1) is 11.3 Å². The molecule has 2 aromatic rings. The Balaban J connectivity index is 1.87. The van der Waals surface area contributed by atoms with E-state index >= 15 is 0 Å². The number of nitrogens with one attached hydrogen (secondary N) is 1. The van der Waals surface area contributed by atoms with Crippen LogP contribution in [-0.4, -0.2) is 17.0 Å². The lowest BCUT2D eigenvalue weighted by molar-refractivity contribution is 0.0695. The molecule has 0 saturated carbocycles. The summed E-state index contributed by atoms with van der Waals surface area (Å²) in [5.41, 5.74) is 3.61. The van der Waals surface area contributed by atoms with Gasteiger partial charge >= 0.3 is 5.97 Å². The molecule has 0 fully saturated rings. The number of carboxylic acids is 1. The van der Waals surface area contributed by atoms with E-state index in [9.17, 15) is 14.7 Å². The van der Waals surface area contributed by atoms with Crippen molar-refractivity contribution in [3.8, 4) is 0 Å². The molecule has 0 unspecified atom stereocenters. The van der Waals surface area contributed by atoms with Crippen LogP contribution in [0, 0.1) is 13.8 Å². The van der Waals surface area contributed by atoms with Crippen LogP contribution in [0.25, 0.3) is 0 Å². The molecular weight excluding hydrogens is 298 g/mol. The molecule has 5 heteroatoms. The Labute approximate surface area is 132 Å². The summed E-state index contributed by atoms with van der Waals surface area (Å²) >= 11 is 1.54. The van der Waals surface area contributed by atoms with Gasteiger partial charge in [-0.3, -0.25) is 4.79 Å². The minimum absolute atomic E-state index is 0.164. The van der Waals surface area contributed by atoms with Crippen LogP contribution in [0.5, 0.6) is 0 Å². The number of carbonyl (C=O) groups excluding carboxylic acids is 1. The number of rotatable bonds is 3. The van der Waals surface area contributed by atoms with E-state index in [1.165, 1.54) is 22.9 Å². The van der Waals surface area contributed by atoms with E-state index in [2.05, 4.69) is 5.32 Å². The second-order valence-electron chi connectivity index (χ2n) is 5.65. The van der Waals surface area contributed by atoms with Gasteiger partial charge < -0.3 is 10.4 Å². The number of hydrogen-bond acceptors (Lipinski definition) is 3. The van der Waals surface area contributed by atoms with Gasteiger partial charge in [0.25, 0.3) is 5.91 Å². The minimum atomic E-state index is -0.983. The monoisotopic (exact) mass is 315 g/mol. The number of aromatic carboxylic acids is 1. The first-order chi connectivity index (χ1) is 10.5. The lowest BCUT2D eigenvalue weighted by Crippen LogP contribution is -2.13. The smallest absolute Gasteiger partial charge is 0.336 e. The molecule has 3 rings (SSSR count). The summed E-state index contributed by atoms with van der Waals surface area (Å²) in [4.78, 5) is 25.6. The van der Waals surface area contributed by atoms with Crippen molar-refractivity contribution in [2.24, 2.45) is 0 Å². The highest BCUT2D eigenvalue weighted by molar-refractivity contribution is 7.14. The highest BCUT2D eigenvalue weighted by atomic mass is 32.1. The third-order valence-electron chi connectivity index (χ3n) is 4.02. The molecule has 1 aromatic carbocycles. The minimum Gasteiger partial charge on any atom is -0.478 e. The van der Waals surface area contributed by atoms with Crippen molar-refractivity contribution in [3.05, 3.63) is 50.2 Å². The van der Waals surface area contributed by atoms with Gasteiger partial charge in [0.2, 0.25) is 0 Å². The Morgan fingerprint density at radius 2 is 1.91 bits per heavy atom. The molecule has 0 radical (unpaired) electrons. The summed E-state index contributed by atoms with van der Waals surface area (Å²) < 4.78 is 0. The van der Waals surface area contributed by atoms with Crippen LogP contribution >= 0.6 is 11.3 Å². The number of fused-ring (bicyclic) bond motifs is 1. The van der Waals surface area contributed by atoms with Gasteiger partial charge in [-0.05, 0) is 61.9 Å². The number of carboxylic acid groups (broad SMARTS) is 1. The first-order valence-corrected chi connectivity index (χ1v) is 8.05. The highest BCUT2D eigenvalue weighted by Gasteiger charge is 2.19. The molecule has 114 valence electrons. The van der Waals surface area contributed by atoms with Crippen molar-refractivity contribution in [2.45, 2.75) is 33.1 Å². The predicted octanol–water partition coefficient (Wildman–Crippen LogP) is 3.80. The Morgan fingerprint density at radius 1 is 1.14 bits per heavy atom. The fourth-order valence-corrected chi connectivity index (χ4v) is 3.99. The van der Waals surface area contributed by atoms with E-state index in [0.717, 1.165) is 18.4 Å². The average molecular weight is 315 g/mol. The molecule has 1 heterocycles. The number of benzene rings is 1. The zero-order chi connectivity index (χ0) is 15.9. The fourth-order valence-electron chi connectivity index (χ4n) is 2.84. The number of aryl methyl sites for hydroxylation is 4. The topological polar surface area (TPSA) is 66.4 Å². The van der Waals surface area contributed by atoms with Gasteiger partial charge in [-0.1, -0.05) is 6.07 Å². The van der Waals surface area contributed by atoms with Crippen molar-refractivity contribution in [1.82, 2.24) is 0 Å². The summed E-state index contributed by atoms with van der Waals surface area (Å²) in [6.07, 6.45) is 3.27. The molecule has 0 saturated heterocycles. The summed E-state index contributed by atoms with van der Waals surface area (Å²) in [5, 5.41) is 12.0. The van der Waals surface area contributed by atoms with Gasteiger partial charge in [-0.25, -0.2) is 4.79 Å². The largest absolute Gasteiger partial charge is 0.478 e. The SMILES string of the molecule is Cc1cc(C)c(C(=O)O)cc1NC(=O)c1cc2c(s1)CCC2. The van der Waals surface area contributed by atoms with Crippen LogP contribution in [0.1, 0.15) is 48.0 Å². The van der Waals surface area contributed by atoms with E-state index in [1.807, 2.05) is 13.0 Å². The summed E-state index contributed by atoms with van der Waals surface area (Å²) in [6.45, 7) is 3.62. The van der Waals surface area contributed by atoms with E-state index in [-0.39, 0.29) is 11.5 Å². The van der Waals surface area contributed by atoms with Crippen molar-refractivity contribution < 1.29 is 14.7 Å². The second kappa shape index (κ2) is 5.57. The van der Waals surface area contributed by atoms with Gasteiger partial charge in [0, 0.05) is 10.6 Å². The van der Waals surface area contributed by atoms with Gasteiger partial charge in [-0.2, -0.15) is 0 Å². The Morgan fingerprint density at radius 3 is 2.59 bits per heavy atom. The first kappa shape index (κ1) is 14.8. The fraction of sp³-hybridized carbons (Fsp3) is 0.294. The van der Waals surface area contributed by atoms with Gasteiger partial charge in [0.1, 0.15) is 0 Å².